The first-order valence-corrected chi connectivity index (χ1v) is 9.92. The molecule has 10 nitrogen and oxygen atoms in total. The molecular weight excluding hydrogens is 386 g/mol. The van der Waals surface area contributed by atoms with E-state index in [4.69, 9.17) is 5.73 Å². The van der Waals surface area contributed by atoms with Gasteiger partial charge in [0.15, 0.2) is 11.5 Å². The van der Waals surface area contributed by atoms with Crippen molar-refractivity contribution in [3.8, 4) is 5.75 Å². The minimum Gasteiger partial charge on any atom is -0.508 e. The highest BCUT2D eigenvalue weighted by atomic mass is 16.3. The molecule has 1 aromatic carbocycles. The SMILES string of the molecule is CN1CCN([C@@H]2CCCN(c3cnc(C(N)=O)c(Nc4ccc(O)cc4)n3)C2)C1=O. The Bertz CT molecular complexity index is 950. The number of aromatic hydroxyl groups is 1. The van der Waals surface area contributed by atoms with Gasteiger partial charge in [-0.05, 0) is 37.1 Å². The number of rotatable bonds is 5. The number of piperidine rings is 1. The van der Waals surface area contributed by atoms with Crippen LogP contribution in [0.25, 0.3) is 0 Å². The molecule has 158 valence electrons. The van der Waals surface area contributed by atoms with Gasteiger partial charge in [0.25, 0.3) is 5.91 Å². The van der Waals surface area contributed by atoms with E-state index in [0.29, 0.717) is 18.1 Å². The Morgan fingerprint density at radius 2 is 2.00 bits per heavy atom. The number of phenolic OH excluding ortho intramolecular Hbond substituents is 1. The van der Waals surface area contributed by atoms with Crippen LogP contribution in [0.4, 0.5) is 22.1 Å². The number of hydrogen-bond donors (Lipinski definition) is 3. The number of nitrogens with zero attached hydrogens (tertiary/aromatic N) is 5. The predicted molar refractivity (Wildman–Crippen MR) is 112 cm³/mol. The third-order valence-corrected chi connectivity index (χ3v) is 5.53. The van der Waals surface area contributed by atoms with Crippen LogP contribution >= 0.6 is 0 Å². The number of benzene rings is 1. The quantitative estimate of drug-likeness (QED) is 0.634. The van der Waals surface area contributed by atoms with Gasteiger partial charge >= 0.3 is 6.03 Å². The Hall–Kier alpha value is -3.56. The summed E-state index contributed by atoms with van der Waals surface area (Å²) in [6.45, 7) is 2.91. The molecule has 2 aromatic rings. The summed E-state index contributed by atoms with van der Waals surface area (Å²) < 4.78 is 0. The summed E-state index contributed by atoms with van der Waals surface area (Å²) in [4.78, 5) is 38.8. The van der Waals surface area contributed by atoms with Crippen molar-refractivity contribution in [1.29, 1.82) is 0 Å². The summed E-state index contributed by atoms with van der Waals surface area (Å²) in [7, 11) is 1.82. The van der Waals surface area contributed by atoms with E-state index in [2.05, 4.69) is 20.2 Å². The molecule has 1 atom stereocenters. The molecule has 2 aliphatic rings. The van der Waals surface area contributed by atoms with E-state index in [1.807, 2.05) is 11.9 Å². The van der Waals surface area contributed by atoms with Crippen LogP contribution in [0.1, 0.15) is 23.3 Å². The molecule has 2 saturated heterocycles. The van der Waals surface area contributed by atoms with Crippen molar-refractivity contribution in [3.63, 3.8) is 0 Å². The van der Waals surface area contributed by atoms with E-state index in [1.165, 1.54) is 12.1 Å². The van der Waals surface area contributed by atoms with Crippen molar-refractivity contribution >= 4 is 29.3 Å². The van der Waals surface area contributed by atoms with Crippen LogP contribution in [-0.4, -0.2) is 76.1 Å². The number of aromatic nitrogens is 2. The topological polar surface area (TPSA) is 128 Å². The van der Waals surface area contributed by atoms with Gasteiger partial charge in [0, 0.05) is 38.9 Å². The molecule has 0 spiro atoms. The van der Waals surface area contributed by atoms with Crippen LogP contribution in [0, 0.1) is 0 Å². The van der Waals surface area contributed by atoms with Gasteiger partial charge in [-0.1, -0.05) is 0 Å². The maximum absolute atomic E-state index is 12.4. The number of likely N-dealkylation sites (N-methyl/N-ethyl adjacent to an activating group) is 1. The number of amides is 3. The zero-order valence-electron chi connectivity index (χ0n) is 16.8. The summed E-state index contributed by atoms with van der Waals surface area (Å²) in [5, 5.41) is 12.5. The Balaban J connectivity index is 1.57. The Labute approximate surface area is 174 Å². The van der Waals surface area contributed by atoms with Crippen LogP contribution in [-0.2, 0) is 0 Å². The lowest BCUT2D eigenvalue weighted by atomic mass is 10.0. The van der Waals surface area contributed by atoms with Gasteiger partial charge in [0.2, 0.25) is 0 Å². The zero-order valence-corrected chi connectivity index (χ0v) is 16.8. The van der Waals surface area contributed by atoms with E-state index < -0.39 is 5.91 Å². The van der Waals surface area contributed by atoms with Crippen LogP contribution in [0.15, 0.2) is 30.5 Å². The van der Waals surface area contributed by atoms with Crippen molar-refractivity contribution in [3.05, 3.63) is 36.2 Å². The van der Waals surface area contributed by atoms with E-state index in [9.17, 15) is 14.7 Å². The molecule has 4 rings (SSSR count). The van der Waals surface area contributed by atoms with Gasteiger partial charge in [0.05, 0.1) is 12.2 Å². The van der Waals surface area contributed by atoms with Crippen LogP contribution < -0.4 is 16.0 Å². The third-order valence-electron chi connectivity index (χ3n) is 5.53. The standard InChI is InChI=1S/C20H25N7O3/c1-25-9-10-27(20(25)30)14-3-2-8-26(12-14)16-11-22-17(18(21)29)19(24-16)23-13-4-6-15(28)7-5-13/h4-7,11,14,28H,2-3,8-10,12H2,1H3,(H2,21,29)(H,23,24)/t14-/m1/s1. The number of carbonyl (C=O) groups is 2. The Morgan fingerprint density at radius 3 is 2.67 bits per heavy atom. The number of carbonyl (C=O) groups excluding carboxylic acids is 2. The summed E-state index contributed by atoms with van der Waals surface area (Å²) in [6, 6.07) is 6.57. The van der Waals surface area contributed by atoms with Gasteiger partial charge in [-0.2, -0.15) is 0 Å². The fraction of sp³-hybridized carbons (Fsp3) is 0.400. The molecule has 10 heteroatoms. The largest absolute Gasteiger partial charge is 0.508 e. The molecule has 0 bridgehead atoms. The van der Waals surface area contributed by atoms with E-state index in [1.54, 1.807) is 23.2 Å². The monoisotopic (exact) mass is 411 g/mol. The van der Waals surface area contributed by atoms with Gasteiger partial charge in [-0.15, -0.1) is 0 Å². The van der Waals surface area contributed by atoms with Crippen molar-refractivity contribution in [1.82, 2.24) is 19.8 Å². The van der Waals surface area contributed by atoms with Crippen LogP contribution in [0.3, 0.4) is 0 Å². The lowest BCUT2D eigenvalue weighted by Crippen LogP contribution is -2.49. The van der Waals surface area contributed by atoms with E-state index in [0.717, 1.165) is 32.5 Å². The Kier molecular flexibility index (Phi) is 5.30. The molecule has 3 amide bonds. The van der Waals surface area contributed by atoms with Crippen LogP contribution in [0.5, 0.6) is 5.75 Å². The number of phenols is 1. The predicted octanol–water partition coefficient (Wildman–Crippen LogP) is 1.36. The minimum atomic E-state index is -0.683. The molecule has 0 saturated carbocycles. The smallest absolute Gasteiger partial charge is 0.320 e. The lowest BCUT2D eigenvalue weighted by Gasteiger charge is -2.37. The van der Waals surface area contributed by atoms with Crippen molar-refractivity contribution < 1.29 is 14.7 Å². The molecule has 4 N–H and O–H groups in total. The summed E-state index contributed by atoms with van der Waals surface area (Å²) in [5.41, 5.74) is 6.15. The highest BCUT2D eigenvalue weighted by Gasteiger charge is 2.34. The average Bonchev–Trinajstić information content (AvgIpc) is 3.08. The van der Waals surface area contributed by atoms with Gasteiger partial charge in [-0.25, -0.2) is 14.8 Å². The zero-order chi connectivity index (χ0) is 21.3. The number of primary amides is 1. The summed E-state index contributed by atoms with van der Waals surface area (Å²) in [5.74, 6) is 0.324. The number of nitrogens with one attached hydrogen (secondary N) is 1. The van der Waals surface area contributed by atoms with Gasteiger partial charge in [0.1, 0.15) is 11.6 Å². The average molecular weight is 411 g/mol. The minimum absolute atomic E-state index is 0.0386. The number of anilines is 3. The lowest BCUT2D eigenvalue weighted by molar-refractivity contribution is 0.0996. The van der Waals surface area contributed by atoms with Gasteiger partial charge in [-0.3, -0.25) is 4.79 Å². The number of hydrogen-bond acceptors (Lipinski definition) is 7. The Morgan fingerprint density at radius 1 is 1.23 bits per heavy atom. The molecule has 2 aliphatic heterocycles. The second-order valence-electron chi connectivity index (χ2n) is 7.60. The van der Waals surface area contributed by atoms with E-state index in [-0.39, 0.29) is 29.3 Å². The molecular formula is C20H25N7O3. The molecule has 2 fully saturated rings. The number of nitrogens with two attached hydrogens (primary N) is 1. The second kappa shape index (κ2) is 8.05. The first-order valence-electron chi connectivity index (χ1n) is 9.92. The van der Waals surface area contributed by atoms with E-state index >= 15 is 0 Å². The molecule has 1 aromatic heterocycles. The molecule has 3 heterocycles. The fourth-order valence-electron chi connectivity index (χ4n) is 3.91. The summed E-state index contributed by atoms with van der Waals surface area (Å²) >= 11 is 0. The highest BCUT2D eigenvalue weighted by molar-refractivity contribution is 5.96. The maximum atomic E-state index is 12.4. The first kappa shape index (κ1) is 19.7. The molecule has 0 unspecified atom stereocenters. The van der Waals surface area contributed by atoms with Crippen LogP contribution in [0.2, 0.25) is 0 Å². The summed E-state index contributed by atoms with van der Waals surface area (Å²) in [6.07, 6.45) is 3.42. The van der Waals surface area contributed by atoms with Crippen molar-refractivity contribution in [2.75, 3.05) is 43.4 Å². The molecule has 30 heavy (non-hydrogen) atoms. The number of urea groups is 1. The third kappa shape index (κ3) is 3.93. The van der Waals surface area contributed by atoms with Crippen molar-refractivity contribution in [2.45, 2.75) is 18.9 Å². The fourth-order valence-corrected chi connectivity index (χ4v) is 3.91. The molecule has 0 aliphatic carbocycles. The van der Waals surface area contributed by atoms with Crippen molar-refractivity contribution in [2.24, 2.45) is 5.73 Å². The molecule has 0 radical (unpaired) electrons. The van der Waals surface area contributed by atoms with Gasteiger partial charge < -0.3 is 30.9 Å². The maximum Gasteiger partial charge on any atom is 0.320 e. The first-order chi connectivity index (χ1) is 14.4. The highest BCUT2D eigenvalue weighted by Crippen LogP contribution is 2.26. The normalized spacial score (nSPS) is 19.3. The second-order valence-corrected chi connectivity index (χ2v) is 7.60.